The van der Waals surface area contributed by atoms with E-state index in [0.717, 1.165) is 16.7 Å². The molecule has 0 aliphatic heterocycles. The normalized spacial score (nSPS) is 13.6. The Balaban J connectivity index is 2.47. The second-order valence-electron chi connectivity index (χ2n) is 5.99. The summed E-state index contributed by atoms with van der Waals surface area (Å²) in [5.74, 6) is 0. The van der Waals surface area contributed by atoms with Gasteiger partial charge in [-0.05, 0) is 23.6 Å². The minimum absolute atomic E-state index is 0.861. The number of benzene rings is 3. The van der Waals surface area contributed by atoms with Gasteiger partial charge in [0.1, 0.15) is 0 Å². The van der Waals surface area contributed by atoms with Crippen LogP contribution in [0.25, 0.3) is 0 Å². The Morgan fingerprint density at radius 1 is 0.720 bits per heavy atom. The molecule has 25 heavy (non-hydrogen) atoms. The molecular formula is C23H20NO. The van der Waals surface area contributed by atoms with Crippen molar-refractivity contribution in [1.82, 2.24) is 0 Å². The Hall–Kier alpha value is -2.89. The number of nitriles is 1. The van der Waals surface area contributed by atoms with Crippen molar-refractivity contribution in [2.75, 3.05) is 7.11 Å². The first kappa shape index (κ1) is 17.0. The van der Waals surface area contributed by atoms with Crippen LogP contribution in [0.5, 0.6) is 0 Å². The highest BCUT2D eigenvalue weighted by Crippen LogP contribution is 2.48. The summed E-state index contributed by atoms with van der Waals surface area (Å²) in [6.07, 6.45) is 0. The lowest BCUT2D eigenvalue weighted by molar-refractivity contribution is 0.0364. The lowest BCUT2D eigenvalue weighted by Gasteiger charge is -2.45. The van der Waals surface area contributed by atoms with Gasteiger partial charge in [0.2, 0.25) is 0 Å². The molecule has 0 fully saturated rings. The van der Waals surface area contributed by atoms with E-state index in [4.69, 9.17) is 4.74 Å². The number of hydrogen-bond acceptors (Lipinski definition) is 2. The van der Waals surface area contributed by atoms with Crippen molar-refractivity contribution in [1.29, 1.82) is 5.26 Å². The van der Waals surface area contributed by atoms with E-state index in [9.17, 15) is 5.26 Å². The molecule has 1 unspecified atom stereocenters. The molecule has 0 heterocycles. The summed E-state index contributed by atoms with van der Waals surface area (Å²) in [5.41, 5.74) is 0.694. The number of ether oxygens (including phenoxy) is 1. The summed E-state index contributed by atoms with van der Waals surface area (Å²) >= 11 is 0. The summed E-state index contributed by atoms with van der Waals surface area (Å²) in [4.78, 5) is 0. The smallest absolute Gasteiger partial charge is 0.171 e. The van der Waals surface area contributed by atoms with Gasteiger partial charge in [0, 0.05) is 7.11 Å². The first-order valence-corrected chi connectivity index (χ1v) is 8.17. The topological polar surface area (TPSA) is 33.0 Å². The van der Waals surface area contributed by atoms with Crippen LogP contribution in [0.2, 0.25) is 0 Å². The highest BCUT2D eigenvalue weighted by atomic mass is 16.5. The molecule has 3 aromatic carbocycles. The van der Waals surface area contributed by atoms with Gasteiger partial charge in [-0.1, -0.05) is 91.0 Å². The van der Waals surface area contributed by atoms with Gasteiger partial charge in [-0.2, -0.15) is 5.26 Å². The molecule has 0 aliphatic rings. The Bertz CT molecular complexity index is 756. The highest BCUT2D eigenvalue weighted by Gasteiger charge is 2.53. The van der Waals surface area contributed by atoms with Crippen molar-refractivity contribution in [3.8, 4) is 6.07 Å². The van der Waals surface area contributed by atoms with Gasteiger partial charge in [-0.25, -0.2) is 0 Å². The van der Waals surface area contributed by atoms with Gasteiger partial charge in [0.15, 0.2) is 5.60 Å². The molecule has 0 aromatic heterocycles. The third kappa shape index (κ3) is 2.63. The van der Waals surface area contributed by atoms with Crippen molar-refractivity contribution in [3.63, 3.8) is 0 Å². The SMILES string of the molecule is [CH2]C(C#N)(OC)C(c1ccccc1)(c1ccccc1)c1ccccc1. The number of nitrogens with zero attached hydrogens (tertiary/aromatic N) is 1. The van der Waals surface area contributed by atoms with E-state index in [0.29, 0.717) is 0 Å². The monoisotopic (exact) mass is 326 g/mol. The molecule has 0 bridgehead atoms. The Morgan fingerprint density at radius 2 is 1.04 bits per heavy atom. The van der Waals surface area contributed by atoms with E-state index < -0.39 is 11.0 Å². The van der Waals surface area contributed by atoms with Crippen molar-refractivity contribution < 1.29 is 4.74 Å². The zero-order valence-electron chi connectivity index (χ0n) is 14.2. The molecule has 3 aromatic rings. The minimum atomic E-state index is -1.34. The van der Waals surface area contributed by atoms with Crippen LogP contribution in [0.1, 0.15) is 16.7 Å². The van der Waals surface area contributed by atoms with Crippen LogP contribution in [-0.2, 0) is 10.2 Å². The molecule has 0 amide bonds. The average Bonchev–Trinajstić information content (AvgIpc) is 2.71. The van der Waals surface area contributed by atoms with E-state index in [1.54, 1.807) is 7.11 Å². The van der Waals surface area contributed by atoms with Gasteiger partial charge in [-0.3, -0.25) is 0 Å². The molecule has 0 saturated heterocycles. The molecule has 0 spiro atoms. The third-order valence-corrected chi connectivity index (χ3v) is 4.76. The number of hydrogen-bond donors (Lipinski definition) is 0. The maximum absolute atomic E-state index is 10.1. The first-order valence-electron chi connectivity index (χ1n) is 8.17. The maximum atomic E-state index is 10.1. The fourth-order valence-corrected chi connectivity index (χ4v) is 3.55. The predicted molar refractivity (Wildman–Crippen MR) is 99.9 cm³/mol. The minimum Gasteiger partial charge on any atom is -0.362 e. The van der Waals surface area contributed by atoms with Crippen LogP contribution < -0.4 is 0 Å². The van der Waals surface area contributed by atoms with Crippen LogP contribution in [0.4, 0.5) is 0 Å². The summed E-state index contributed by atoms with van der Waals surface area (Å²) in [7, 11) is 1.54. The summed E-state index contributed by atoms with van der Waals surface area (Å²) in [5, 5.41) is 10.1. The first-order chi connectivity index (χ1) is 12.2. The van der Waals surface area contributed by atoms with Gasteiger partial charge < -0.3 is 4.74 Å². The zero-order chi connectivity index (χ0) is 17.8. The molecule has 2 nitrogen and oxygen atoms in total. The fraction of sp³-hybridized carbons (Fsp3) is 0.130. The largest absolute Gasteiger partial charge is 0.362 e. The standard InChI is InChI=1S/C23H20NO/c1-22(18-24,25-2)23(19-12-6-3-7-13-19,20-14-8-4-9-15-20)21-16-10-5-11-17-21/h3-17H,1H2,2H3. The second-order valence-corrected chi connectivity index (χ2v) is 5.99. The molecule has 3 rings (SSSR count). The number of rotatable bonds is 5. The molecule has 0 N–H and O–H groups in total. The van der Waals surface area contributed by atoms with Crippen molar-refractivity contribution >= 4 is 0 Å². The predicted octanol–water partition coefficient (Wildman–Crippen LogP) is 4.76. The molecule has 0 saturated carbocycles. The van der Waals surface area contributed by atoms with Crippen LogP contribution >= 0.6 is 0 Å². The zero-order valence-corrected chi connectivity index (χ0v) is 14.2. The van der Waals surface area contributed by atoms with Crippen molar-refractivity contribution in [2.24, 2.45) is 0 Å². The quantitative estimate of drug-likeness (QED) is 0.633. The van der Waals surface area contributed by atoms with Crippen LogP contribution in [0.3, 0.4) is 0 Å². The molecule has 123 valence electrons. The Labute approximate surface area is 149 Å². The summed E-state index contributed by atoms with van der Waals surface area (Å²) < 4.78 is 5.74. The van der Waals surface area contributed by atoms with Crippen molar-refractivity contribution in [3.05, 3.63) is 115 Å². The second kappa shape index (κ2) is 6.93. The van der Waals surface area contributed by atoms with Gasteiger partial charge in [-0.15, -0.1) is 0 Å². The van der Waals surface area contributed by atoms with E-state index in [1.807, 2.05) is 91.0 Å². The van der Waals surface area contributed by atoms with E-state index in [2.05, 4.69) is 13.0 Å². The van der Waals surface area contributed by atoms with Gasteiger partial charge in [0.25, 0.3) is 0 Å². The molecule has 2 heteroatoms. The van der Waals surface area contributed by atoms with Crippen molar-refractivity contribution in [2.45, 2.75) is 11.0 Å². The van der Waals surface area contributed by atoms with Gasteiger partial charge >= 0.3 is 0 Å². The number of methoxy groups -OCH3 is 1. The molecule has 0 aliphatic carbocycles. The van der Waals surface area contributed by atoms with E-state index in [1.165, 1.54) is 0 Å². The highest BCUT2D eigenvalue weighted by molar-refractivity contribution is 5.57. The average molecular weight is 326 g/mol. The van der Waals surface area contributed by atoms with E-state index in [-0.39, 0.29) is 0 Å². The molecule has 1 atom stereocenters. The summed E-state index contributed by atoms with van der Waals surface area (Å²) in [6.45, 7) is 4.22. The molecule has 1 radical (unpaired) electrons. The lowest BCUT2D eigenvalue weighted by Crippen LogP contribution is -2.52. The van der Waals surface area contributed by atoms with Crippen LogP contribution in [-0.4, -0.2) is 12.7 Å². The Kier molecular flexibility index (Phi) is 4.70. The van der Waals surface area contributed by atoms with Crippen LogP contribution in [0, 0.1) is 18.3 Å². The Morgan fingerprint density at radius 3 is 1.28 bits per heavy atom. The van der Waals surface area contributed by atoms with Crippen LogP contribution in [0.15, 0.2) is 91.0 Å². The van der Waals surface area contributed by atoms with E-state index >= 15 is 0 Å². The maximum Gasteiger partial charge on any atom is 0.171 e. The molecular weight excluding hydrogens is 306 g/mol. The third-order valence-electron chi connectivity index (χ3n) is 4.76. The fourth-order valence-electron chi connectivity index (χ4n) is 3.55. The summed E-state index contributed by atoms with van der Waals surface area (Å²) in [6, 6.07) is 32.2. The lowest BCUT2D eigenvalue weighted by atomic mass is 9.60. The van der Waals surface area contributed by atoms with Gasteiger partial charge in [0.05, 0.1) is 11.5 Å².